The number of esters is 1. The smallest absolute Gasteiger partial charge is 0.416 e. The van der Waals surface area contributed by atoms with E-state index in [2.05, 4.69) is 0 Å². The summed E-state index contributed by atoms with van der Waals surface area (Å²) in [4.78, 5) is 26.3. The highest BCUT2D eigenvalue weighted by molar-refractivity contribution is 5.76. The predicted molar refractivity (Wildman–Crippen MR) is 150 cm³/mol. The Bertz CT molecular complexity index is 1570. The fourth-order valence-corrected chi connectivity index (χ4v) is 4.94. The molecule has 4 aromatic rings. The molecule has 2 unspecified atom stereocenters. The van der Waals surface area contributed by atoms with Crippen LogP contribution >= 0.6 is 0 Å². The third kappa shape index (κ3) is 6.25. The van der Waals surface area contributed by atoms with Gasteiger partial charge in [0.25, 0.3) is 0 Å². The number of hydrogen-bond acceptors (Lipinski definition) is 5. The van der Waals surface area contributed by atoms with Crippen molar-refractivity contribution < 1.29 is 37.0 Å². The average molecular weight is 576 g/mol. The minimum atomic E-state index is -4.60. The highest BCUT2D eigenvalue weighted by Gasteiger charge is 2.40. The van der Waals surface area contributed by atoms with Gasteiger partial charge in [-0.25, -0.2) is 4.79 Å². The SMILES string of the molecule is COC(=O)Cc1ccc(-c2ccccc2)c(Oc2ccc(C(F)(F)F)cc2CN2C(=O)OC(c3ccccc3)C2C)c1. The minimum absolute atomic E-state index is 0.0141. The van der Waals surface area contributed by atoms with Crippen LogP contribution in [-0.4, -0.2) is 30.1 Å². The van der Waals surface area contributed by atoms with Gasteiger partial charge in [0.05, 0.1) is 31.7 Å². The average Bonchev–Trinajstić information content (AvgIpc) is 3.27. The van der Waals surface area contributed by atoms with Gasteiger partial charge in [0, 0.05) is 11.1 Å². The maximum atomic E-state index is 13.8. The number of benzene rings is 4. The van der Waals surface area contributed by atoms with E-state index in [1.165, 1.54) is 18.1 Å². The van der Waals surface area contributed by atoms with Crippen LogP contribution in [0.3, 0.4) is 0 Å². The van der Waals surface area contributed by atoms with E-state index in [0.717, 1.165) is 23.3 Å². The Morgan fingerprint density at radius 2 is 1.60 bits per heavy atom. The molecule has 6 nitrogen and oxygen atoms in total. The summed E-state index contributed by atoms with van der Waals surface area (Å²) in [5, 5.41) is 0. The second-order valence-electron chi connectivity index (χ2n) is 9.96. The van der Waals surface area contributed by atoms with Gasteiger partial charge in [0.2, 0.25) is 0 Å². The summed E-state index contributed by atoms with van der Waals surface area (Å²) in [6, 6.07) is 26.5. The number of hydrogen-bond donors (Lipinski definition) is 0. The molecule has 1 amide bonds. The van der Waals surface area contributed by atoms with Gasteiger partial charge in [-0.1, -0.05) is 72.8 Å². The van der Waals surface area contributed by atoms with Crippen LogP contribution in [0, 0.1) is 0 Å². The van der Waals surface area contributed by atoms with Crippen molar-refractivity contribution in [3.63, 3.8) is 0 Å². The normalized spacial score (nSPS) is 16.7. The van der Waals surface area contributed by atoms with E-state index < -0.39 is 35.9 Å². The number of ether oxygens (including phenoxy) is 3. The van der Waals surface area contributed by atoms with Crippen molar-refractivity contribution in [2.45, 2.75) is 38.2 Å². The van der Waals surface area contributed by atoms with Gasteiger partial charge in [-0.2, -0.15) is 13.2 Å². The summed E-state index contributed by atoms with van der Waals surface area (Å²) >= 11 is 0. The molecule has 1 aliphatic heterocycles. The predicted octanol–water partition coefficient (Wildman–Crippen LogP) is 7.96. The van der Waals surface area contributed by atoms with E-state index >= 15 is 0 Å². The summed E-state index contributed by atoms with van der Waals surface area (Å²) in [5.41, 5.74) is 2.16. The van der Waals surface area contributed by atoms with Gasteiger partial charge in [0.1, 0.15) is 17.6 Å². The Kier molecular flexibility index (Phi) is 8.20. The molecular formula is C33H28F3NO5. The molecule has 0 spiro atoms. The molecule has 5 rings (SSSR count). The topological polar surface area (TPSA) is 65.1 Å². The van der Waals surface area contributed by atoms with E-state index in [9.17, 15) is 22.8 Å². The lowest BCUT2D eigenvalue weighted by Gasteiger charge is -2.23. The van der Waals surface area contributed by atoms with Crippen molar-refractivity contribution in [3.05, 3.63) is 119 Å². The number of cyclic esters (lactones) is 1. The number of amides is 1. The largest absolute Gasteiger partial charge is 0.469 e. The van der Waals surface area contributed by atoms with Crippen LogP contribution in [0.4, 0.5) is 18.0 Å². The zero-order valence-corrected chi connectivity index (χ0v) is 22.9. The van der Waals surface area contributed by atoms with Crippen LogP contribution in [0.1, 0.15) is 35.3 Å². The van der Waals surface area contributed by atoms with E-state index in [0.29, 0.717) is 16.9 Å². The summed E-state index contributed by atoms with van der Waals surface area (Å²) in [6.07, 6.45) is -5.83. The summed E-state index contributed by atoms with van der Waals surface area (Å²) < 4.78 is 58.1. The second-order valence-corrected chi connectivity index (χ2v) is 9.96. The van der Waals surface area contributed by atoms with Crippen LogP contribution < -0.4 is 4.74 Å². The van der Waals surface area contributed by atoms with Gasteiger partial charge in [-0.05, 0) is 47.9 Å². The van der Waals surface area contributed by atoms with Gasteiger partial charge in [0.15, 0.2) is 0 Å². The van der Waals surface area contributed by atoms with E-state index in [-0.39, 0.29) is 24.3 Å². The first-order chi connectivity index (χ1) is 20.1. The van der Waals surface area contributed by atoms with Crippen molar-refractivity contribution >= 4 is 12.1 Å². The van der Waals surface area contributed by atoms with E-state index in [1.54, 1.807) is 25.1 Å². The molecule has 0 radical (unpaired) electrons. The maximum absolute atomic E-state index is 13.8. The third-order valence-electron chi connectivity index (χ3n) is 7.18. The summed E-state index contributed by atoms with van der Waals surface area (Å²) in [5.74, 6) is 0.0273. The molecule has 0 aromatic heterocycles. The highest BCUT2D eigenvalue weighted by atomic mass is 19.4. The molecule has 0 aliphatic carbocycles. The van der Waals surface area contributed by atoms with Gasteiger partial charge < -0.3 is 14.2 Å². The molecule has 0 saturated carbocycles. The Morgan fingerprint density at radius 1 is 0.905 bits per heavy atom. The highest BCUT2D eigenvalue weighted by Crippen LogP contribution is 2.40. The molecule has 2 atom stereocenters. The van der Waals surface area contributed by atoms with Crippen molar-refractivity contribution in [1.82, 2.24) is 4.90 Å². The lowest BCUT2D eigenvalue weighted by Crippen LogP contribution is -2.31. The van der Waals surface area contributed by atoms with Crippen molar-refractivity contribution in [2.75, 3.05) is 7.11 Å². The van der Waals surface area contributed by atoms with Crippen LogP contribution in [0.2, 0.25) is 0 Å². The molecule has 1 aliphatic rings. The second kappa shape index (κ2) is 12.0. The van der Waals surface area contributed by atoms with Crippen LogP contribution in [0.15, 0.2) is 97.1 Å². The molecule has 42 heavy (non-hydrogen) atoms. The van der Waals surface area contributed by atoms with Crippen LogP contribution in [0.5, 0.6) is 11.5 Å². The van der Waals surface area contributed by atoms with Gasteiger partial charge in [-0.15, -0.1) is 0 Å². The summed E-state index contributed by atoms with van der Waals surface area (Å²) in [6.45, 7) is 1.62. The minimum Gasteiger partial charge on any atom is -0.469 e. The van der Waals surface area contributed by atoms with E-state index in [4.69, 9.17) is 14.2 Å². The monoisotopic (exact) mass is 575 g/mol. The molecule has 4 aromatic carbocycles. The Labute approximate surface area is 241 Å². The molecule has 216 valence electrons. The van der Waals surface area contributed by atoms with Crippen molar-refractivity contribution in [3.8, 4) is 22.6 Å². The number of rotatable bonds is 8. The molecule has 0 N–H and O–H groups in total. The standard InChI is InChI=1S/C33H28F3NO5/c1-21-31(24-11-7-4-8-12-24)42-32(39)37(21)20-25-19-26(33(34,35)36)14-16-28(25)41-29-17-22(18-30(38)40-2)13-15-27(29)23-9-5-3-6-10-23/h3-17,19,21,31H,18,20H2,1-2H3. The first kappa shape index (κ1) is 28.7. The zero-order valence-electron chi connectivity index (χ0n) is 22.9. The molecule has 1 fully saturated rings. The first-order valence-corrected chi connectivity index (χ1v) is 13.3. The van der Waals surface area contributed by atoms with Gasteiger partial charge in [-0.3, -0.25) is 9.69 Å². The van der Waals surface area contributed by atoms with Crippen molar-refractivity contribution in [1.29, 1.82) is 0 Å². The van der Waals surface area contributed by atoms with Crippen LogP contribution in [0.25, 0.3) is 11.1 Å². The lowest BCUT2D eigenvalue weighted by molar-refractivity contribution is -0.140. The molecule has 9 heteroatoms. The maximum Gasteiger partial charge on any atom is 0.416 e. The van der Waals surface area contributed by atoms with Crippen LogP contribution in [-0.2, 0) is 33.4 Å². The zero-order chi connectivity index (χ0) is 29.9. The Morgan fingerprint density at radius 3 is 2.26 bits per heavy atom. The fraction of sp³-hybridized carbons (Fsp3) is 0.212. The molecular weight excluding hydrogens is 547 g/mol. The lowest BCUT2D eigenvalue weighted by atomic mass is 10.0. The molecule has 1 heterocycles. The number of carbonyl (C=O) groups is 2. The number of alkyl halides is 3. The fourth-order valence-electron chi connectivity index (χ4n) is 4.94. The number of carbonyl (C=O) groups excluding carboxylic acids is 2. The first-order valence-electron chi connectivity index (χ1n) is 13.3. The number of nitrogens with zero attached hydrogens (tertiary/aromatic N) is 1. The molecule has 0 bridgehead atoms. The quantitative estimate of drug-likeness (QED) is 0.200. The van der Waals surface area contributed by atoms with E-state index in [1.807, 2.05) is 60.7 Å². The number of halogens is 3. The Balaban J connectivity index is 1.53. The Hall–Kier alpha value is -4.79. The summed E-state index contributed by atoms with van der Waals surface area (Å²) in [7, 11) is 1.29. The molecule has 1 saturated heterocycles. The number of methoxy groups -OCH3 is 1. The van der Waals surface area contributed by atoms with Crippen molar-refractivity contribution in [2.24, 2.45) is 0 Å². The van der Waals surface area contributed by atoms with Gasteiger partial charge >= 0.3 is 18.2 Å². The third-order valence-corrected chi connectivity index (χ3v) is 7.18.